The molecule has 2 aliphatic heterocycles. The molecule has 0 bridgehead atoms. The van der Waals surface area contributed by atoms with E-state index in [-0.39, 0.29) is 30.0 Å². The average molecular weight is 492 g/mol. The third-order valence-corrected chi connectivity index (χ3v) is 8.48. The SMILES string of the molecule is CC(C)=C1CC=C(COC(=O)CCCCCNC(=O)CCCC[C@@H]2SC[C@@H]3NC(=O)N[C@@H]32)CC1. The molecule has 2 heterocycles. The Hall–Kier alpha value is -1.96. The van der Waals surface area contributed by atoms with Crippen LogP contribution < -0.4 is 16.0 Å². The Labute approximate surface area is 208 Å². The number of ether oxygens (including phenoxy) is 1. The molecule has 2 fully saturated rings. The molecule has 34 heavy (non-hydrogen) atoms. The minimum absolute atomic E-state index is 0.0490. The van der Waals surface area contributed by atoms with Crippen molar-refractivity contribution in [2.24, 2.45) is 0 Å². The number of hydrogen-bond acceptors (Lipinski definition) is 5. The van der Waals surface area contributed by atoms with Crippen LogP contribution in [0.25, 0.3) is 0 Å². The van der Waals surface area contributed by atoms with Gasteiger partial charge in [-0.2, -0.15) is 11.8 Å². The molecule has 3 atom stereocenters. The van der Waals surface area contributed by atoms with E-state index in [9.17, 15) is 14.4 Å². The van der Waals surface area contributed by atoms with E-state index >= 15 is 0 Å². The molecule has 3 amide bonds. The number of amides is 3. The van der Waals surface area contributed by atoms with E-state index in [4.69, 9.17) is 4.74 Å². The molecule has 3 aliphatic rings. The Kier molecular flexibility index (Phi) is 10.8. The van der Waals surface area contributed by atoms with Gasteiger partial charge in [0, 0.05) is 30.4 Å². The Balaban J connectivity index is 1.13. The first-order chi connectivity index (χ1) is 16.4. The molecule has 0 saturated carbocycles. The molecule has 0 radical (unpaired) electrons. The van der Waals surface area contributed by atoms with E-state index in [1.54, 1.807) is 0 Å². The van der Waals surface area contributed by atoms with E-state index < -0.39 is 0 Å². The summed E-state index contributed by atoms with van der Waals surface area (Å²) in [5.41, 5.74) is 4.13. The molecule has 0 unspecified atom stereocenters. The third-order valence-electron chi connectivity index (χ3n) is 6.97. The quantitative estimate of drug-likeness (QED) is 0.154. The van der Waals surface area contributed by atoms with Crippen molar-refractivity contribution in [3.05, 3.63) is 22.8 Å². The van der Waals surface area contributed by atoms with Gasteiger partial charge in [0.15, 0.2) is 0 Å². The van der Waals surface area contributed by atoms with Crippen molar-refractivity contribution in [2.45, 2.75) is 102 Å². The number of esters is 1. The predicted octanol–water partition coefficient (Wildman–Crippen LogP) is 4.38. The third kappa shape index (κ3) is 8.67. The Morgan fingerprint density at radius 2 is 1.91 bits per heavy atom. The fraction of sp³-hybridized carbons (Fsp3) is 0.731. The molecular formula is C26H41N3O4S. The van der Waals surface area contributed by atoms with Gasteiger partial charge >= 0.3 is 12.0 Å². The highest BCUT2D eigenvalue weighted by molar-refractivity contribution is 8.00. The number of hydrogen-bond donors (Lipinski definition) is 3. The minimum Gasteiger partial charge on any atom is -0.461 e. The summed E-state index contributed by atoms with van der Waals surface area (Å²) in [6.45, 7) is 5.40. The summed E-state index contributed by atoms with van der Waals surface area (Å²) < 4.78 is 5.42. The molecule has 3 rings (SSSR count). The van der Waals surface area contributed by atoms with Crippen LogP contribution in [0.4, 0.5) is 4.79 Å². The zero-order valence-corrected chi connectivity index (χ0v) is 21.6. The van der Waals surface area contributed by atoms with Crippen molar-refractivity contribution in [3.63, 3.8) is 0 Å². The van der Waals surface area contributed by atoms with Crippen LogP contribution in [0.1, 0.15) is 84.5 Å². The number of carbonyl (C=O) groups excluding carboxylic acids is 3. The van der Waals surface area contributed by atoms with Gasteiger partial charge in [0.25, 0.3) is 0 Å². The minimum atomic E-state index is -0.127. The summed E-state index contributed by atoms with van der Waals surface area (Å²) >= 11 is 1.91. The maximum absolute atomic E-state index is 12.0. The number of carbonyl (C=O) groups is 3. The molecule has 2 saturated heterocycles. The lowest BCUT2D eigenvalue weighted by molar-refractivity contribution is -0.142. The second-order valence-corrected chi connectivity index (χ2v) is 11.1. The monoisotopic (exact) mass is 491 g/mol. The Morgan fingerprint density at radius 3 is 2.68 bits per heavy atom. The number of rotatable bonds is 13. The lowest BCUT2D eigenvalue weighted by atomic mass is 9.92. The molecular weight excluding hydrogens is 450 g/mol. The first kappa shape index (κ1) is 26.6. The van der Waals surface area contributed by atoms with Crippen LogP contribution in [0.5, 0.6) is 0 Å². The summed E-state index contributed by atoms with van der Waals surface area (Å²) in [5, 5.41) is 9.40. The van der Waals surface area contributed by atoms with E-state index in [0.29, 0.717) is 31.2 Å². The van der Waals surface area contributed by atoms with Gasteiger partial charge < -0.3 is 20.7 Å². The molecule has 0 aromatic rings. The number of unbranched alkanes of at least 4 members (excludes halogenated alkanes) is 3. The molecule has 190 valence electrons. The largest absolute Gasteiger partial charge is 0.461 e. The van der Waals surface area contributed by atoms with Crippen LogP contribution in [0.15, 0.2) is 22.8 Å². The van der Waals surface area contributed by atoms with E-state index in [1.807, 2.05) is 11.8 Å². The fourth-order valence-electron chi connectivity index (χ4n) is 4.78. The molecule has 1 aliphatic carbocycles. The zero-order chi connectivity index (χ0) is 24.3. The number of fused-ring (bicyclic) bond motifs is 1. The molecule has 7 nitrogen and oxygen atoms in total. The number of urea groups is 1. The normalized spacial score (nSPS) is 23.6. The zero-order valence-electron chi connectivity index (χ0n) is 20.8. The molecule has 0 aromatic heterocycles. The van der Waals surface area contributed by atoms with Gasteiger partial charge in [-0.05, 0) is 64.4 Å². The summed E-state index contributed by atoms with van der Waals surface area (Å²) in [4.78, 5) is 35.4. The molecule has 0 aromatic carbocycles. The van der Waals surface area contributed by atoms with Crippen molar-refractivity contribution in [1.29, 1.82) is 0 Å². The highest BCUT2D eigenvalue weighted by Gasteiger charge is 2.42. The Morgan fingerprint density at radius 1 is 1.09 bits per heavy atom. The van der Waals surface area contributed by atoms with Crippen molar-refractivity contribution < 1.29 is 19.1 Å². The Bertz CT molecular complexity index is 791. The first-order valence-electron chi connectivity index (χ1n) is 12.9. The van der Waals surface area contributed by atoms with Crippen LogP contribution in [0.3, 0.4) is 0 Å². The fourth-order valence-corrected chi connectivity index (χ4v) is 6.32. The van der Waals surface area contributed by atoms with Gasteiger partial charge in [0.1, 0.15) is 6.61 Å². The van der Waals surface area contributed by atoms with Crippen molar-refractivity contribution in [2.75, 3.05) is 18.9 Å². The van der Waals surface area contributed by atoms with Gasteiger partial charge in [-0.3, -0.25) is 9.59 Å². The number of thioether (sulfide) groups is 1. The van der Waals surface area contributed by atoms with Crippen LogP contribution in [0.2, 0.25) is 0 Å². The van der Waals surface area contributed by atoms with Gasteiger partial charge in [0.2, 0.25) is 5.91 Å². The van der Waals surface area contributed by atoms with Gasteiger partial charge in [-0.1, -0.05) is 30.1 Å². The summed E-state index contributed by atoms with van der Waals surface area (Å²) in [6.07, 6.45) is 11.7. The predicted molar refractivity (Wildman–Crippen MR) is 137 cm³/mol. The second kappa shape index (κ2) is 13.8. The van der Waals surface area contributed by atoms with Gasteiger partial charge in [0.05, 0.1) is 12.1 Å². The topological polar surface area (TPSA) is 96.5 Å². The maximum atomic E-state index is 12.0. The number of allylic oxidation sites excluding steroid dienone is 3. The average Bonchev–Trinajstić information content (AvgIpc) is 3.37. The van der Waals surface area contributed by atoms with E-state index in [2.05, 4.69) is 35.9 Å². The van der Waals surface area contributed by atoms with Crippen LogP contribution in [-0.4, -0.2) is 54.1 Å². The highest BCUT2D eigenvalue weighted by atomic mass is 32.2. The summed E-state index contributed by atoms with van der Waals surface area (Å²) in [6, 6.07) is 0.453. The standard InChI is InChI=1S/C26H41N3O4S/c1-18(2)20-13-11-19(12-14-20)16-33-24(31)10-4-3-7-15-27-23(30)9-6-5-8-22-25-21(17-34-22)28-26(32)29-25/h11,21-22,25H,3-10,12-17H2,1-2H3,(H,27,30)(H2,28,29,32)/t21-,22-,25-/m0/s1. The lowest BCUT2D eigenvalue weighted by Crippen LogP contribution is -2.36. The highest BCUT2D eigenvalue weighted by Crippen LogP contribution is 2.33. The van der Waals surface area contributed by atoms with E-state index in [1.165, 1.54) is 16.7 Å². The number of nitrogens with one attached hydrogen (secondary N) is 3. The van der Waals surface area contributed by atoms with Gasteiger partial charge in [-0.25, -0.2) is 4.79 Å². The lowest BCUT2D eigenvalue weighted by Gasteiger charge is -2.17. The molecule has 3 N–H and O–H groups in total. The second-order valence-electron chi connectivity index (χ2n) is 9.86. The first-order valence-corrected chi connectivity index (χ1v) is 13.9. The summed E-state index contributed by atoms with van der Waals surface area (Å²) in [7, 11) is 0. The van der Waals surface area contributed by atoms with Crippen molar-refractivity contribution in [1.82, 2.24) is 16.0 Å². The smallest absolute Gasteiger partial charge is 0.315 e. The molecule has 0 spiro atoms. The van der Waals surface area contributed by atoms with Crippen molar-refractivity contribution >= 4 is 29.7 Å². The maximum Gasteiger partial charge on any atom is 0.315 e. The van der Waals surface area contributed by atoms with Crippen LogP contribution >= 0.6 is 11.8 Å². The molecule has 8 heteroatoms. The van der Waals surface area contributed by atoms with Crippen molar-refractivity contribution in [3.8, 4) is 0 Å². The van der Waals surface area contributed by atoms with Crippen LogP contribution in [-0.2, 0) is 14.3 Å². The van der Waals surface area contributed by atoms with Crippen LogP contribution in [0, 0.1) is 0 Å². The summed E-state index contributed by atoms with van der Waals surface area (Å²) in [5.74, 6) is 0.948. The van der Waals surface area contributed by atoms with Gasteiger partial charge in [-0.15, -0.1) is 0 Å². The van der Waals surface area contributed by atoms with E-state index in [0.717, 1.165) is 63.5 Å².